The van der Waals surface area contributed by atoms with Crippen LogP contribution in [0.4, 0.5) is 0 Å². The summed E-state index contributed by atoms with van der Waals surface area (Å²) in [6, 6.07) is 9.97. The lowest BCUT2D eigenvalue weighted by Gasteiger charge is -2.20. The molecule has 9 heteroatoms. The van der Waals surface area contributed by atoms with Crippen molar-refractivity contribution in [3.63, 3.8) is 0 Å². The van der Waals surface area contributed by atoms with E-state index < -0.39 is 17.9 Å². The van der Waals surface area contributed by atoms with Crippen molar-refractivity contribution in [2.45, 2.75) is 12.5 Å². The molecular weight excluding hydrogens is 406 g/mol. The van der Waals surface area contributed by atoms with Crippen molar-refractivity contribution in [2.24, 2.45) is 0 Å². The van der Waals surface area contributed by atoms with Crippen LogP contribution in [0.25, 0.3) is 10.7 Å². The van der Waals surface area contributed by atoms with Gasteiger partial charge in [-0.1, -0.05) is 6.07 Å². The van der Waals surface area contributed by atoms with E-state index >= 15 is 0 Å². The van der Waals surface area contributed by atoms with Gasteiger partial charge in [-0.2, -0.15) is 0 Å². The molecular formula is C21H21N3O5S. The molecule has 2 aromatic heterocycles. The van der Waals surface area contributed by atoms with Crippen LogP contribution in [0.2, 0.25) is 0 Å². The Morgan fingerprint density at radius 3 is 2.63 bits per heavy atom. The summed E-state index contributed by atoms with van der Waals surface area (Å²) >= 11 is 1.32. The summed E-state index contributed by atoms with van der Waals surface area (Å²) in [7, 11) is 4.35. The van der Waals surface area contributed by atoms with Crippen LogP contribution in [-0.4, -0.2) is 43.2 Å². The molecule has 0 radical (unpaired) electrons. The Bertz CT molecular complexity index is 1020. The topological polar surface area (TPSA) is 99.6 Å². The monoisotopic (exact) mass is 427 g/mol. The standard InChI is InChI=1S/C21H21N3O5S/c1-27-13-7-8-14(18(10-13)28-2)16(11-19(25)29-3)23-20(26)17-12-30-21(24-17)15-6-4-5-9-22-15/h4-10,12,16H,11H2,1-3H3,(H,23,26). The van der Waals surface area contributed by atoms with Gasteiger partial charge in [0.05, 0.1) is 39.5 Å². The summed E-state index contributed by atoms with van der Waals surface area (Å²) in [4.78, 5) is 33.4. The van der Waals surface area contributed by atoms with E-state index in [-0.39, 0.29) is 12.1 Å². The molecule has 30 heavy (non-hydrogen) atoms. The Balaban J connectivity index is 1.86. The van der Waals surface area contributed by atoms with Crippen LogP contribution >= 0.6 is 11.3 Å². The number of hydrogen-bond donors (Lipinski definition) is 1. The van der Waals surface area contributed by atoms with Crippen molar-refractivity contribution >= 4 is 23.2 Å². The maximum atomic E-state index is 12.9. The van der Waals surface area contributed by atoms with E-state index in [4.69, 9.17) is 14.2 Å². The number of carbonyl (C=O) groups excluding carboxylic acids is 2. The minimum atomic E-state index is -0.675. The first-order chi connectivity index (χ1) is 14.5. The molecule has 1 amide bonds. The lowest BCUT2D eigenvalue weighted by atomic mass is 10.0. The highest BCUT2D eigenvalue weighted by Gasteiger charge is 2.24. The Labute approximate surface area is 177 Å². The van der Waals surface area contributed by atoms with Crippen LogP contribution in [0.3, 0.4) is 0 Å². The molecule has 0 spiro atoms. The van der Waals surface area contributed by atoms with E-state index in [9.17, 15) is 9.59 Å². The molecule has 3 aromatic rings. The first-order valence-electron chi connectivity index (χ1n) is 9.02. The molecule has 156 valence electrons. The number of nitrogens with zero attached hydrogens (tertiary/aromatic N) is 2. The average molecular weight is 427 g/mol. The fourth-order valence-electron chi connectivity index (χ4n) is 2.81. The van der Waals surface area contributed by atoms with E-state index in [2.05, 4.69) is 15.3 Å². The predicted octanol–water partition coefficient (Wildman–Crippen LogP) is 3.26. The van der Waals surface area contributed by atoms with Gasteiger partial charge in [-0.15, -0.1) is 11.3 Å². The maximum Gasteiger partial charge on any atom is 0.307 e. The zero-order valence-electron chi connectivity index (χ0n) is 16.7. The fraction of sp³-hybridized carbons (Fsp3) is 0.238. The van der Waals surface area contributed by atoms with Crippen molar-refractivity contribution in [1.29, 1.82) is 0 Å². The van der Waals surface area contributed by atoms with Crippen molar-refractivity contribution < 1.29 is 23.8 Å². The highest BCUT2D eigenvalue weighted by Crippen LogP contribution is 2.32. The minimum Gasteiger partial charge on any atom is -0.497 e. The number of methoxy groups -OCH3 is 3. The van der Waals surface area contributed by atoms with E-state index in [0.717, 1.165) is 0 Å². The highest BCUT2D eigenvalue weighted by atomic mass is 32.1. The Morgan fingerprint density at radius 1 is 1.13 bits per heavy atom. The fourth-order valence-corrected chi connectivity index (χ4v) is 3.59. The third-order valence-corrected chi connectivity index (χ3v) is 5.21. The minimum absolute atomic E-state index is 0.0673. The number of hydrogen-bond acceptors (Lipinski definition) is 8. The van der Waals surface area contributed by atoms with Crippen molar-refractivity contribution in [3.05, 3.63) is 59.2 Å². The molecule has 1 unspecified atom stereocenters. The Morgan fingerprint density at radius 2 is 1.97 bits per heavy atom. The lowest BCUT2D eigenvalue weighted by molar-refractivity contribution is -0.141. The van der Waals surface area contributed by atoms with Gasteiger partial charge in [0.1, 0.15) is 22.2 Å². The van der Waals surface area contributed by atoms with Crippen LogP contribution < -0.4 is 14.8 Å². The highest BCUT2D eigenvalue weighted by molar-refractivity contribution is 7.13. The molecule has 0 saturated carbocycles. The van der Waals surface area contributed by atoms with E-state index in [0.29, 0.717) is 27.8 Å². The largest absolute Gasteiger partial charge is 0.497 e. The number of esters is 1. The number of nitrogens with one attached hydrogen (secondary N) is 1. The zero-order chi connectivity index (χ0) is 21.5. The number of benzene rings is 1. The number of thiazole rings is 1. The molecule has 1 aromatic carbocycles. The molecule has 0 saturated heterocycles. The molecule has 8 nitrogen and oxygen atoms in total. The van der Waals surface area contributed by atoms with Crippen molar-refractivity contribution in [2.75, 3.05) is 21.3 Å². The van der Waals surface area contributed by atoms with Gasteiger partial charge >= 0.3 is 5.97 Å². The Hall–Kier alpha value is -3.46. The third kappa shape index (κ3) is 4.93. The van der Waals surface area contributed by atoms with Gasteiger partial charge in [0.2, 0.25) is 0 Å². The van der Waals surface area contributed by atoms with Gasteiger partial charge < -0.3 is 19.5 Å². The van der Waals surface area contributed by atoms with Crippen LogP contribution in [0, 0.1) is 0 Å². The summed E-state index contributed by atoms with van der Waals surface area (Å²) < 4.78 is 15.4. The van der Waals surface area contributed by atoms with Crippen LogP contribution in [0.15, 0.2) is 48.0 Å². The quantitative estimate of drug-likeness (QED) is 0.551. The van der Waals surface area contributed by atoms with Gasteiger partial charge in [0, 0.05) is 23.2 Å². The number of aromatic nitrogens is 2. The van der Waals surface area contributed by atoms with Gasteiger partial charge in [0.25, 0.3) is 5.91 Å². The van der Waals surface area contributed by atoms with E-state index in [1.54, 1.807) is 36.9 Å². The first-order valence-corrected chi connectivity index (χ1v) is 9.90. The molecule has 1 atom stereocenters. The van der Waals surface area contributed by atoms with Gasteiger partial charge in [-0.25, -0.2) is 4.98 Å². The third-order valence-electron chi connectivity index (χ3n) is 4.34. The molecule has 0 aliphatic rings. The number of rotatable bonds is 8. The normalized spacial score (nSPS) is 11.4. The van der Waals surface area contributed by atoms with Crippen molar-refractivity contribution in [1.82, 2.24) is 15.3 Å². The summed E-state index contributed by atoms with van der Waals surface area (Å²) in [5, 5.41) is 5.14. The summed E-state index contributed by atoms with van der Waals surface area (Å²) in [5.74, 6) is 0.195. The SMILES string of the molecule is COC(=O)CC(NC(=O)c1csc(-c2ccccn2)n1)c1ccc(OC)cc1OC. The number of ether oxygens (including phenoxy) is 3. The van der Waals surface area contributed by atoms with Gasteiger partial charge in [0.15, 0.2) is 0 Å². The Kier molecular flexibility index (Phi) is 6.97. The predicted molar refractivity (Wildman–Crippen MR) is 112 cm³/mol. The second kappa shape index (κ2) is 9.84. The zero-order valence-corrected chi connectivity index (χ0v) is 17.6. The number of carbonyl (C=O) groups is 2. The molecule has 0 bridgehead atoms. The van der Waals surface area contributed by atoms with Crippen LogP contribution in [-0.2, 0) is 9.53 Å². The molecule has 0 aliphatic carbocycles. The maximum absolute atomic E-state index is 12.9. The second-order valence-electron chi connectivity index (χ2n) is 6.17. The summed E-state index contributed by atoms with van der Waals surface area (Å²) in [6.07, 6.45) is 1.60. The first kappa shape index (κ1) is 21.3. The van der Waals surface area contributed by atoms with E-state index in [1.807, 2.05) is 18.2 Å². The molecule has 3 rings (SSSR count). The molecule has 2 heterocycles. The summed E-state index contributed by atoms with van der Waals surface area (Å²) in [5.41, 5.74) is 1.55. The van der Waals surface area contributed by atoms with Gasteiger partial charge in [-0.05, 0) is 24.3 Å². The van der Waals surface area contributed by atoms with Crippen molar-refractivity contribution in [3.8, 4) is 22.2 Å². The number of amides is 1. The van der Waals surface area contributed by atoms with Gasteiger partial charge in [-0.3, -0.25) is 14.6 Å². The smallest absolute Gasteiger partial charge is 0.307 e. The number of pyridine rings is 1. The average Bonchev–Trinajstić information content (AvgIpc) is 3.29. The molecule has 0 aliphatic heterocycles. The molecule has 1 N–H and O–H groups in total. The summed E-state index contributed by atoms with van der Waals surface area (Å²) in [6.45, 7) is 0. The van der Waals surface area contributed by atoms with E-state index in [1.165, 1.54) is 25.6 Å². The lowest BCUT2D eigenvalue weighted by Crippen LogP contribution is -2.31. The molecule has 0 fully saturated rings. The van der Waals surface area contributed by atoms with Crippen LogP contribution in [0.5, 0.6) is 11.5 Å². The second-order valence-corrected chi connectivity index (χ2v) is 7.03. The van der Waals surface area contributed by atoms with Crippen LogP contribution in [0.1, 0.15) is 28.5 Å².